The van der Waals surface area contributed by atoms with Gasteiger partial charge in [-0.3, -0.25) is 9.88 Å². The number of aliphatic carboxylic acids is 2. The number of carboxylic acid groups (broad SMARTS) is 2. The first kappa shape index (κ1) is 31.1. The average molecular weight is 558 g/mol. The normalized spacial score (nSPS) is 21.5. The van der Waals surface area contributed by atoms with E-state index < -0.39 is 24.3 Å². The first-order valence-corrected chi connectivity index (χ1v) is 11.6. The van der Waals surface area contributed by atoms with E-state index in [1.165, 1.54) is 0 Å². The number of amides is 2. The van der Waals surface area contributed by atoms with Crippen molar-refractivity contribution in [2.24, 2.45) is 0 Å². The minimum absolute atomic E-state index is 0.242. The van der Waals surface area contributed by atoms with Crippen LogP contribution in [-0.4, -0.2) is 112 Å². The number of carboxylic acids is 2. The lowest BCUT2D eigenvalue weighted by Gasteiger charge is -2.38. The zero-order valence-electron chi connectivity index (χ0n) is 20.1. The monoisotopic (exact) mass is 558 g/mol. The fraction of sp³-hybridized carbons (Fsp3) is 0.636. The summed E-state index contributed by atoms with van der Waals surface area (Å²) in [7, 11) is 0. The van der Waals surface area contributed by atoms with Crippen molar-refractivity contribution in [2.45, 2.75) is 50.4 Å². The smallest absolute Gasteiger partial charge is 0.475 e. The molecule has 3 saturated heterocycles. The molecule has 0 aliphatic carbocycles. The van der Waals surface area contributed by atoms with Crippen LogP contribution < -0.4 is 0 Å². The molecule has 16 heteroatoms. The van der Waals surface area contributed by atoms with Crippen molar-refractivity contribution in [2.75, 3.05) is 39.3 Å². The number of fused-ring (bicyclic) bond motifs is 1. The number of nitrogens with zero attached hydrogens (tertiary/aromatic N) is 4. The van der Waals surface area contributed by atoms with Gasteiger partial charge < -0.3 is 24.7 Å². The van der Waals surface area contributed by atoms with Crippen molar-refractivity contribution in [1.29, 1.82) is 0 Å². The Bertz CT molecular complexity index is 903. The van der Waals surface area contributed by atoms with Gasteiger partial charge >= 0.3 is 30.3 Å². The number of hydrogen-bond donors (Lipinski definition) is 2. The fourth-order valence-electron chi connectivity index (χ4n) is 4.10. The second-order valence-electron chi connectivity index (χ2n) is 8.71. The van der Waals surface area contributed by atoms with Crippen LogP contribution >= 0.6 is 0 Å². The molecule has 3 aliphatic heterocycles. The van der Waals surface area contributed by atoms with Crippen LogP contribution in [0, 0.1) is 0 Å². The summed E-state index contributed by atoms with van der Waals surface area (Å²) in [6, 6.07) is 4.68. The van der Waals surface area contributed by atoms with Crippen molar-refractivity contribution in [1.82, 2.24) is 19.7 Å². The predicted molar refractivity (Wildman–Crippen MR) is 118 cm³/mol. The Morgan fingerprint density at radius 3 is 2.00 bits per heavy atom. The number of alkyl halides is 6. The third-order valence-corrected chi connectivity index (χ3v) is 5.92. The summed E-state index contributed by atoms with van der Waals surface area (Å²) in [6.07, 6.45) is -2.94. The summed E-state index contributed by atoms with van der Waals surface area (Å²) in [5, 5.41) is 14.2. The summed E-state index contributed by atoms with van der Waals surface area (Å²) in [5.41, 5.74) is 1.12. The molecule has 2 N–H and O–H groups in total. The summed E-state index contributed by atoms with van der Waals surface area (Å²) in [5.74, 6) is -5.51. The zero-order valence-corrected chi connectivity index (χ0v) is 20.1. The third-order valence-electron chi connectivity index (χ3n) is 5.92. The van der Waals surface area contributed by atoms with Gasteiger partial charge in [0.05, 0.1) is 12.7 Å². The van der Waals surface area contributed by atoms with Gasteiger partial charge in [0.15, 0.2) is 0 Å². The summed E-state index contributed by atoms with van der Waals surface area (Å²) >= 11 is 0. The number of pyridine rings is 1. The van der Waals surface area contributed by atoms with Gasteiger partial charge in [-0.15, -0.1) is 0 Å². The van der Waals surface area contributed by atoms with Gasteiger partial charge in [0, 0.05) is 57.7 Å². The average Bonchev–Trinajstić information content (AvgIpc) is 3.52. The third kappa shape index (κ3) is 9.96. The molecule has 1 aromatic rings. The highest BCUT2D eigenvalue weighted by Gasteiger charge is 2.40. The van der Waals surface area contributed by atoms with E-state index >= 15 is 0 Å². The molecule has 3 aliphatic rings. The lowest BCUT2D eigenvalue weighted by molar-refractivity contribution is -0.193. The Hall–Kier alpha value is -3.14. The lowest BCUT2D eigenvalue weighted by Crippen LogP contribution is -2.54. The second kappa shape index (κ2) is 13.6. The van der Waals surface area contributed by atoms with Crippen LogP contribution in [-0.2, 0) is 20.9 Å². The molecular weight excluding hydrogens is 530 g/mol. The number of hydrogen-bond acceptors (Lipinski definition) is 6. The van der Waals surface area contributed by atoms with Crippen LogP contribution in [0.2, 0.25) is 0 Å². The molecule has 3 fully saturated rings. The molecular formula is C22H28F6N4O6. The van der Waals surface area contributed by atoms with Crippen molar-refractivity contribution in [3.63, 3.8) is 0 Å². The van der Waals surface area contributed by atoms with E-state index in [0.717, 1.165) is 64.1 Å². The van der Waals surface area contributed by atoms with E-state index in [1.54, 1.807) is 6.20 Å². The number of carbonyl (C=O) groups is 3. The van der Waals surface area contributed by atoms with Gasteiger partial charge in [-0.05, 0) is 30.9 Å². The molecule has 0 radical (unpaired) electrons. The number of ether oxygens (including phenoxy) is 1. The minimum atomic E-state index is -5.08. The Kier molecular flexibility index (Phi) is 11.1. The quantitative estimate of drug-likeness (QED) is 0.543. The van der Waals surface area contributed by atoms with E-state index in [2.05, 4.69) is 14.8 Å². The number of piperazine rings is 1. The number of carbonyl (C=O) groups excluding carboxylic acids is 1. The largest absolute Gasteiger partial charge is 0.490 e. The van der Waals surface area contributed by atoms with Crippen LogP contribution in [0.1, 0.15) is 24.8 Å². The highest BCUT2D eigenvalue weighted by Crippen LogP contribution is 2.26. The van der Waals surface area contributed by atoms with E-state index in [1.807, 2.05) is 23.2 Å². The Labute approximate surface area is 213 Å². The number of likely N-dealkylation sites (tertiary alicyclic amines) is 1. The van der Waals surface area contributed by atoms with Gasteiger partial charge in [-0.1, -0.05) is 6.07 Å². The molecule has 2 amide bonds. The van der Waals surface area contributed by atoms with Crippen molar-refractivity contribution in [3.8, 4) is 0 Å². The molecule has 4 heterocycles. The molecule has 2 unspecified atom stereocenters. The van der Waals surface area contributed by atoms with Crippen molar-refractivity contribution < 1.29 is 55.7 Å². The maximum absolute atomic E-state index is 12.6. The maximum atomic E-state index is 12.6. The molecule has 0 saturated carbocycles. The highest BCUT2D eigenvalue weighted by atomic mass is 19.4. The number of urea groups is 1. The maximum Gasteiger partial charge on any atom is 0.490 e. The number of aromatic nitrogens is 1. The molecule has 38 heavy (non-hydrogen) atoms. The molecule has 0 spiro atoms. The fourth-order valence-corrected chi connectivity index (χ4v) is 4.10. The van der Waals surface area contributed by atoms with Crippen LogP contribution in [0.3, 0.4) is 0 Å². The molecule has 1 aromatic heterocycles. The SMILES string of the molecule is O=C(N1CCCC1)N1CCN2CC(OCc3cccnc3)CC2C1.O=C(O)C(F)(F)F.O=C(O)C(F)(F)F. The summed E-state index contributed by atoms with van der Waals surface area (Å²) < 4.78 is 69.6. The number of rotatable bonds is 3. The van der Waals surface area contributed by atoms with E-state index in [4.69, 9.17) is 24.5 Å². The van der Waals surface area contributed by atoms with Gasteiger partial charge in [0.25, 0.3) is 0 Å². The zero-order chi connectivity index (χ0) is 28.5. The Morgan fingerprint density at radius 1 is 0.921 bits per heavy atom. The summed E-state index contributed by atoms with van der Waals surface area (Å²) in [4.78, 5) is 41.1. The van der Waals surface area contributed by atoms with E-state index in [0.29, 0.717) is 12.6 Å². The van der Waals surface area contributed by atoms with Gasteiger partial charge in [-0.2, -0.15) is 26.3 Å². The molecule has 4 rings (SSSR count). The standard InChI is InChI=1S/C18H26N4O2.2C2HF3O2/c23-18(20-6-1-2-7-20)22-9-8-21-13-17(10-16(21)12-22)24-14-15-4-3-5-19-11-15;2*3-2(4,5)1(6)7/h3-5,11,16-17H,1-2,6-10,12-14H2;2*(H,6,7). The van der Waals surface area contributed by atoms with Gasteiger partial charge in [-0.25, -0.2) is 14.4 Å². The number of halogens is 6. The van der Waals surface area contributed by atoms with Gasteiger partial charge in [0.1, 0.15) is 0 Å². The van der Waals surface area contributed by atoms with Crippen LogP contribution in [0.4, 0.5) is 31.1 Å². The molecule has 0 bridgehead atoms. The second-order valence-corrected chi connectivity index (χ2v) is 8.71. The van der Waals surface area contributed by atoms with Crippen LogP contribution in [0.5, 0.6) is 0 Å². The minimum Gasteiger partial charge on any atom is -0.475 e. The molecule has 2 atom stereocenters. The van der Waals surface area contributed by atoms with Crippen molar-refractivity contribution in [3.05, 3.63) is 30.1 Å². The Balaban J connectivity index is 0.000000301. The predicted octanol–water partition coefficient (Wildman–Crippen LogP) is 2.84. The van der Waals surface area contributed by atoms with Crippen LogP contribution in [0.15, 0.2) is 24.5 Å². The van der Waals surface area contributed by atoms with E-state index in [-0.39, 0.29) is 12.1 Å². The van der Waals surface area contributed by atoms with E-state index in [9.17, 15) is 31.1 Å². The van der Waals surface area contributed by atoms with Crippen LogP contribution in [0.25, 0.3) is 0 Å². The highest BCUT2D eigenvalue weighted by molar-refractivity contribution is 5.75. The lowest BCUT2D eigenvalue weighted by atomic mass is 10.1. The topological polar surface area (TPSA) is 124 Å². The molecule has 0 aromatic carbocycles. The molecule has 214 valence electrons. The van der Waals surface area contributed by atoms with Gasteiger partial charge in [0.2, 0.25) is 0 Å². The van der Waals surface area contributed by atoms with Crippen molar-refractivity contribution >= 4 is 18.0 Å². The first-order chi connectivity index (χ1) is 17.7. The summed E-state index contributed by atoms with van der Waals surface area (Å²) in [6.45, 7) is 6.13. The Morgan fingerprint density at radius 2 is 1.50 bits per heavy atom. The molecule has 10 nitrogen and oxygen atoms in total. The first-order valence-electron chi connectivity index (χ1n) is 11.6.